The Hall–Kier alpha value is -2.22. The van der Waals surface area contributed by atoms with E-state index < -0.39 is 30.1 Å². The molecule has 0 radical (unpaired) electrons. The molecule has 0 saturated carbocycles. The standard InChI is InChI=1S/C14H15NO6S/c16-12(17)10-7-22-8-11(13(18)19)15(10)14(20)21-6-9-4-2-1-3-5-9/h1-5,10-11H,6-8H2,(H,16,17)(H,18,19)/t10-,11-/m0/s1. The number of rotatable bonds is 4. The lowest BCUT2D eigenvalue weighted by atomic mass is 10.2. The van der Waals surface area contributed by atoms with Gasteiger partial charge in [0.2, 0.25) is 0 Å². The number of ether oxygens (including phenoxy) is 1. The second-order valence-electron chi connectivity index (χ2n) is 4.69. The lowest BCUT2D eigenvalue weighted by molar-refractivity contribution is -0.148. The van der Waals surface area contributed by atoms with Gasteiger partial charge in [0.05, 0.1) is 0 Å². The van der Waals surface area contributed by atoms with Gasteiger partial charge in [0.15, 0.2) is 0 Å². The summed E-state index contributed by atoms with van der Waals surface area (Å²) in [4.78, 5) is 35.5. The Balaban J connectivity index is 2.11. The van der Waals surface area contributed by atoms with Crippen LogP contribution in [0.5, 0.6) is 0 Å². The van der Waals surface area contributed by atoms with Crippen molar-refractivity contribution in [2.24, 2.45) is 0 Å². The summed E-state index contributed by atoms with van der Waals surface area (Å²) in [7, 11) is 0. The zero-order chi connectivity index (χ0) is 16.1. The highest BCUT2D eigenvalue weighted by Gasteiger charge is 2.43. The zero-order valence-corrected chi connectivity index (χ0v) is 12.4. The maximum absolute atomic E-state index is 12.2. The summed E-state index contributed by atoms with van der Waals surface area (Å²) in [6.07, 6.45) is -0.927. The second-order valence-corrected chi connectivity index (χ2v) is 5.77. The summed E-state index contributed by atoms with van der Waals surface area (Å²) in [6, 6.07) is 6.47. The van der Waals surface area contributed by atoms with Gasteiger partial charge in [-0.1, -0.05) is 30.3 Å². The van der Waals surface area contributed by atoms with Crippen molar-refractivity contribution in [3.8, 4) is 0 Å². The molecule has 0 bridgehead atoms. The van der Waals surface area contributed by atoms with Gasteiger partial charge in [-0.3, -0.25) is 4.90 Å². The fraction of sp³-hybridized carbons (Fsp3) is 0.357. The molecular formula is C14H15NO6S. The molecule has 1 aromatic rings. The Morgan fingerprint density at radius 3 is 2.14 bits per heavy atom. The maximum Gasteiger partial charge on any atom is 0.411 e. The number of hydrogen-bond donors (Lipinski definition) is 2. The normalized spacial score (nSPS) is 21.2. The van der Waals surface area contributed by atoms with Crippen LogP contribution >= 0.6 is 11.8 Å². The van der Waals surface area contributed by atoms with Crippen LogP contribution in [0.25, 0.3) is 0 Å². The van der Waals surface area contributed by atoms with Crippen molar-refractivity contribution in [1.82, 2.24) is 4.90 Å². The highest BCUT2D eigenvalue weighted by atomic mass is 32.2. The summed E-state index contributed by atoms with van der Waals surface area (Å²) in [5.41, 5.74) is 0.737. The highest BCUT2D eigenvalue weighted by molar-refractivity contribution is 7.99. The number of aliphatic carboxylic acids is 2. The molecule has 1 amide bonds. The van der Waals surface area contributed by atoms with Gasteiger partial charge in [0.1, 0.15) is 18.7 Å². The fourth-order valence-corrected chi connectivity index (χ4v) is 3.29. The molecule has 118 valence electrons. The molecule has 0 aliphatic carbocycles. The number of benzene rings is 1. The monoisotopic (exact) mass is 325 g/mol. The van der Waals surface area contributed by atoms with E-state index in [0.29, 0.717) is 0 Å². The number of carboxylic acid groups (broad SMARTS) is 2. The SMILES string of the molecule is O=C(O)[C@@H]1CSC[C@@H](C(=O)O)N1C(=O)OCc1ccccc1. The lowest BCUT2D eigenvalue weighted by Gasteiger charge is -2.36. The number of carbonyl (C=O) groups is 3. The van der Waals surface area contributed by atoms with Crippen molar-refractivity contribution < 1.29 is 29.3 Å². The molecule has 22 heavy (non-hydrogen) atoms. The van der Waals surface area contributed by atoms with Crippen LogP contribution in [0.2, 0.25) is 0 Å². The summed E-state index contributed by atoms with van der Waals surface area (Å²) in [6.45, 7) is -0.0397. The average Bonchev–Trinajstić information content (AvgIpc) is 2.52. The van der Waals surface area contributed by atoms with E-state index >= 15 is 0 Å². The van der Waals surface area contributed by atoms with Crippen molar-refractivity contribution in [3.05, 3.63) is 35.9 Å². The molecule has 1 aliphatic rings. The van der Waals surface area contributed by atoms with Crippen LogP contribution in [0.4, 0.5) is 4.79 Å². The minimum Gasteiger partial charge on any atom is -0.480 e. The quantitative estimate of drug-likeness (QED) is 0.859. The molecule has 0 unspecified atom stereocenters. The summed E-state index contributed by atoms with van der Waals surface area (Å²) >= 11 is 1.19. The average molecular weight is 325 g/mol. The van der Waals surface area contributed by atoms with Gasteiger partial charge in [-0.05, 0) is 5.56 Å². The molecule has 1 saturated heterocycles. The summed E-state index contributed by atoms with van der Waals surface area (Å²) in [5, 5.41) is 18.4. The molecule has 2 N–H and O–H groups in total. The molecule has 0 spiro atoms. The predicted molar refractivity (Wildman–Crippen MR) is 78.6 cm³/mol. The van der Waals surface area contributed by atoms with Crippen LogP contribution in [-0.4, -0.2) is 56.7 Å². The number of thioether (sulfide) groups is 1. The molecule has 0 aromatic heterocycles. The van der Waals surface area contributed by atoms with Gasteiger partial charge in [-0.2, -0.15) is 11.8 Å². The Morgan fingerprint density at radius 1 is 1.09 bits per heavy atom. The molecule has 1 aliphatic heterocycles. The Kier molecular flexibility index (Phi) is 5.26. The van der Waals surface area contributed by atoms with E-state index in [2.05, 4.69) is 0 Å². The third-order valence-electron chi connectivity index (χ3n) is 3.21. The van der Waals surface area contributed by atoms with Gasteiger partial charge in [0.25, 0.3) is 0 Å². The number of amides is 1. The lowest BCUT2D eigenvalue weighted by Crippen LogP contribution is -2.58. The van der Waals surface area contributed by atoms with E-state index in [1.54, 1.807) is 24.3 Å². The molecule has 1 heterocycles. The van der Waals surface area contributed by atoms with E-state index in [0.717, 1.165) is 10.5 Å². The van der Waals surface area contributed by atoms with E-state index in [4.69, 9.17) is 4.74 Å². The maximum atomic E-state index is 12.2. The van der Waals surface area contributed by atoms with Crippen molar-refractivity contribution in [1.29, 1.82) is 0 Å². The highest BCUT2D eigenvalue weighted by Crippen LogP contribution is 2.24. The van der Waals surface area contributed by atoms with Crippen molar-refractivity contribution in [2.75, 3.05) is 11.5 Å². The Morgan fingerprint density at radius 2 is 1.64 bits per heavy atom. The van der Waals surface area contributed by atoms with Crippen LogP contribution in [0.3, 0.4) is 0 Å². The zero-order valence-electron chi connectivity index (χ0n) is 11.5. The first kappa shape index (κ1) is 16.2. The third-order valence-corrected chi connectivity index (χ3v) is 4.31. The molecule has 8 heteroatoms. The van der Waals surface area contributed by atoms with E-state index in [9.17, 15) is 24.6 Å². The van der Waals surface area contributed by atoms with E-state index in [1.807, 2.05) is 6.07 Å². The Labute approximate surface area is 130 Å². The van der Waals surface area contributed by atoms with Crippen LogP contribution in [0.15, 0.2) is 30.3 Å². The smallest absolute Gasteiger partial charge is 0.411 e. The van der Waals surface area contributed by atoms with Gasteiger partial charge >= 0.3 is 18.0 Å². The Bertz CT molecular complexity index is 542. The number of hydrogen-bond acceptors (Lipinski definition) is 5. The van der Waals surface area contributed by atoms with Crippen molar-refractivity contribution in [2.45, 2.75) is 18.7 Å². The summed E-state index contributed by atoms with van der Waals surface area (Å²) < 4.78 is 5.08. The number of carboxylic acids is 2. The van der Waals surface area contributed by atoms with Gasteiger partial charge in [-0.25, -0.2) is 14.4 Å². The fourth-order valence-electron chi connectivity index (χ4n) is 2.10. The number of nitrogens with zero attached hydrogens (tertiary/aromatic N) is 1. The minimum atomic E-state index is -1.24. The van der Waals surface area contributed by atoms with Crippen LogP contribution in [0.1, 0.15) is 5.56 Å². The summed E-state index contributed by atoms with van der Waals surface area (Å²) in [5.74, 6) is -2.20. The first-order valence-corrected chi connectivity index (χ1v) is 7.68. The predicted octanol–water partition coefficient (Wildman–Crippen LogP) is 1.28. The first-order chi connectivity index (χ1) is 10.5. The molecular weight excluding hydrogens is 310 g/mol. The minimum absolute atomic E-state index is 0.0397. The molecule has 2 atom stereocenters. The van der Waals surface area contributed by atoms with Crippen LogP contribution in [-0.2, 0) is 20.9 Å². The van der Waals surface area contributed by atoms with Gasteiger partial charge in [-0.15, -0.1) is 0 Å². The van der Waals surface area contributed by atoms with E-state index in [-0.39, 0.29) is 18.1 Å². The molecule has 1 aromatic carbocycles. The number of carbonyl (C=O) groups excluding carboxylic acids is 1. The van der Waals surface area contributed by atoms with E-state index in [1.165, 1.54) is 11.8 Å². The van der Waals surface area contributed by atoms with Crippen molar-refractivity contribution in [3.63, 3.8) is 0 Å². The first-order valence-electron chi connectivity index (χ1n) is 6.53. The van der Waals surface area contributed by atoms with Crippen LogP contribution in [0, 0.1) is 0 Å². The van der Waals surface area contributed by atoms with Gasteiger partial charge < -0.3 is 14.9 Å². The molecule has 7 nitrogen and oxygen atoms in total. The topological polar surface area (TPSA) is 104 Å². The second kappa shape index (κ2) is 7.17. The van der Waals surface area contributed by atoms with Crippen LogP contribution < -0.4 is 0 Å². The van der Waals surface area contributed by atoms with Gasteiger partial charge in [0, 0.05) is 11.5 Å². The van der Waals surface area contributed by atoms with Crippen molar-refractivity contribution >= 4 is 29.8 Å². The molecule has 2 rings (SSSR count). The third kappa shape index (κ3) is 3.70. The molecule has 1 fully saturated rings. The largest absolute Gasteiger partial charge is 0.480 e.